The summed E-state index contributed by atoms with van der Waals surface area (Å²) in [6.45, 7) is 9.23. The van der Waals surface area contributed by atoms with E-state index in [1.807, 2.05) is 0 Å². The molecule has 2 aliphatic heterocycles. The molecule has 2 fully saturated rings. The second-order valence-electron chi connectivity index (χ2n) is 8.17. The molecular weight excluding hydrogens is 354 g/mol. The van der Waals surface area contributed by atoms with Gasteiger partial charge in [-0.25, -0.2) is 0 Å². The SMILES string of the molecule is C=C1CCCCC(C)(C)C2C(CSCC(N)C(=O)O)OCC(OC1)C2O. The van der Waals surface area contributed by atoms with Crippen LogP contribution in [-0.2, 0) is 14.3 Å². The number of carboxylic acids is 1. The van der Waals surface area contributed by atoms with Crippen molar-refractivity contribution in [3.63, 3.8) is 0 Å². The Kier molecular flexibility index (Phi) is 7.97. The second-order valence-corrected chi connectivity index (χ2v) is 9.24. The highest BCUT2D eigenvalue weighted by atomic mass is 32.2. The lowest BCUT2D eigenvalue weighted by atomic mass is 9.68. The third-order valence-corrected chi connectivity index (χ3v) is 6.69. The van der Waals surface area contributed by atoms with Crippen LogP contribution in [-0.4, -0.2) is 65.3 Å². The predicted octanol–water partition coefficient (Wildman–Crippen LogP) is 2.05. The van der Waals surface area contributed by atoms with E-state index in [1.165, 1.54) is 11.8 Å². The Balaban J connectivity index is 2.08. The van der Waals surface area contributed by atoms with Crippen LogP contribution >= 0.6 is 11.8 Å². The largest absolute Gasteiger partial charge is 0.480 e. The molecule has 0 spiro atoms. The standard InChI is InChI=1S/C19H33NO5S/c1-12-6-4-5-7-19(2,3)16-15(11-26-10-13(20)18(22)23)25-9-14(17(16)21)24-8-12/h13-17,21H,1,4-11,20H2,2-3H3,(H,22,23). The number of nitrogens with two attached hydrogens (primary N) is 1. The molecule has 26 heavy (non-hydrogen) atoms. The molecular formula is C19H33NO5S. The first-order valence-corrected chi connectivity index (χ1v) is 10.5. The zero-order valence-electron chi connectivity index (χ0n) is 15.9. The van der Waals surface area contributed by atoms with Gasteiger partial charge in [0.15, 0.2) is 0 Å². The Labute approximate surface area is 160 Å². The number of hydrogen-bond donors (Lipinski definition) is 3. The molecule has 150 valence electrons. The van der Waals surface area contributed by atoms with Gasteiger partial charge >= 0.3 is 5.97 Å². The Hall–Kier alpha value is -0.600. The topological polar surface area (TPSA) is 102 Å². The fourth-order valence-electron chi connectivity index (χ4n) is 3.94. The highest BCUT2D eigenvalue weighted by Crippen LogP contribution is 2.43. The first-order chi connectivity index (χ1) is 12.2. The highest BCUT2D eigenvalue weighted by Gasteiger charge is 2.47. The van der Waals surface area contributed by atoms with Gasteiger partial charge < -0.3 is 25.4 Å². The van der Waals surface area contributed by atoms with Crippen molar-refractivity contribution < 1.29 is 24.5 Å². The van der Waals surface area contributed by atoms with E-state index in [1.54, 1.807) is 0 Å². The van der Waals surface area contributed by atoms with Crippen molar-refractivity contribution in [1.29, 1.82) is 0 Å². The molecule has 6 nitrogen and oxygen atoms in total. The van der Waals surface area contributed by atoms with Gasteiger partial charge in [0.05, 0.1) is 25.4 Å². The smallest absolute Gasteiger partial charge is 0.321 e. The van der Waals surface area contributed by atoms with E-state index in [9.17, 15) is 9.90 Å². The van der Waals surface area contributed by atoms with E-state index >= 15 is 0 Å². The number of aliphatic hydroxyl groups is 1. The number of ether oxygens (including phenoxy) is 2. The Bertz CT molecular complexity index is 498. The molecule has 0 amide bonds. The van der Waals surface area contributed by atoms with Crippen molar-refractivity contribution in [2.45, 2.75) is 63.9 Å². The molecule has 2 aliphatic rings. The van der Waals surface area contributed by atoms with Gasteiger partial charge in [0.1, 0.15) is 12.1 Å². The van der Waals surface area contributed by atoms with Crippen molar-refractivity contribution in [2.24, 2.45) is 17.1 Å². The third-order valence-electron chi connectivity index (χ3n) is 5.53. The lowest BCUT2D eigenvalue weighted by Gasteiger charge is -2.47. The van der Waals surface area contributed by atoms with Gasteiger partial charge in [0.25, 0.3) is 0 Å². The summed E-state index contributed by atoms with van der Waals surface area (Å²) in [5, 5.41) is 20.0. The average Bonchev–Trinajstić information content (AvgIpc) is 2.57. The van der Waals surface area contributed by atoms with Gasteiger partial charge in [-0.1, -0.05) is 32.4 Å². The Morgan fingerprint density at radius 1 is 1.42 bits per heavy atom. The van der Waals surface area contributed by atoms with Crippen LogP contribution in [0.5, 0.6) is 0 Å². The molecule has 5 unspecified atom stereocenters. The van der Waals surface area contributed by atoms with Crippen LogP contribution in [0.1, 0.15) is 39.5 Å². The van der Waals surface area contributed by atoms with Crippen molar-refractivity contribution in [3.05, 3.63) is 12.2 Å². The number of carbonyl (C=O) groups is 1. The first kappa shape index (κ1) is 21.7. The molecule has 4 N–H and O–H groups in total. The van der Waals surface area contributed by atoms with E-state index in [2.05, 4.69) is 20.4 Å². The number of hydrogen-bond acceptors (Lipinski definition) is 6. The third kappa shape index (κ3) is 5.70. The zero-order chi connectivity index (χ0) is 19.3. The quantitative estimate of drug-likeness (QED) is 0.621. The average molecular weight is 388 g/mol. The summed E-state index contributed by atoms with van der Waals surface area (Å²) >= 11 is 1.47. The van der Waals surface area contributed by atoms with Gasteiger partial charge in [-0.05, 0) is 24.7 Å². The molecule has 0 aliphatic carbocycles. The van der Waals surface area contributed by atoms with Gasteiger partial charge in [-0.15, -0.1) is 0 Å². The normalized spacial score (nSPS) is 33.9. The van der Waals surface area contributed by atoms with E-state index in [-0.39, 0.29) is 23.5 Å². The molecule has 2 heterocycles. The van der Waals surface area contributed by atoms with Crippen LogP contribution in [0, 0.1) is 11.3 Å². The minimum absolute atomic E-state index is 0.0684. The number of aliphatic carboxylic acids is 1. The minimum atomic E-state index is -0.994. The summed E-state index contributed by atoms with van der Waals surface area (Å²) in [5.41, 5.74) is 6.55. The molecule has 0 aromatic carbocycles. The lowest BCUT2D eigenvalue weighted by molar-refractivity contribution is -0.193. The summed E-state index contributed by atoms with van der Waals surface area (Å²) in [6, 6.07) is -0.879. The van der Waals surface area contributed by atoms with E-state index in [0.717, 1.165) is 31.3 Å². The fraction of sp³-hybridized carbons (Fsp3) is 0.842. The highest BCUT2D eigenvalue weighted by molar-refractivity contribution is 7.99. The Morgan fingerprint density at radius 3 is 2.85 bits per heavy atom. The van der Waals surface area contributed by atoms with Crippen LogP contribution in [0.25, 0.3) is 0 Å². The van der Waals surface area contributed by atoms with Crippen molar-refractivity contribution in [2.75, 3.05) is 24.7 Å². The van der Waals surface area contributed by atoms with Crippen LogP contribution < -0.4 is 5.73 Å². The summed E-state index contributed by atoms with van der Waals surface area (Å²) < 4.78 is 12.0. The molecule has 0 aromatic heterocycles. The van der Waals surface area contributed by atoms with Crippen LogP contribution in [0.3, 0.4) is 0 Å². The maximum atomic E-state index is 11.0. The number of thioether (sulfide) groups is 1. The number of carboxylic acid groups (broad SMARTS) is 1. The molecule has 0 aromatic rings. The minimum Gasteiger partial charge on any atom is -0.480 e. The van der Waals surface area contributed by atoms with Crippen LogP contribution in [0.2, 0.25) is 0 Å². The number of fused-ring (bicyclic) bond motifs is 2. The molecule has 0 radical (unpaired) electrons. The zero-order valence-corrected chi connectivity index (χ0v) is 16.7. The fourth-order valence-corrected chi connectivity index (χ4v) is 5.01. The maximum Gasteiger partial charge on any atom is 0.321 e. The van der Waals surface area contributed by atoms with Gasteiger partial charge in [0.2, 0.25) is 0 Å². The van der Waals surface area contributed by atoms with Crippen molar-refractivity contribution >= 4 is 17.7 Å². The van der Waals surface area contributed by atoms with Crippen LogP contribution in [0.4, 0.5) is 0 Å². The second kappa shape index (κ2) is 9.55. The summed E-state index contributed by atoms with van der Waals surface area (Å²) in [4.78, 5) is 10.9. The molecule has 2 saturated heterocycles. The van der Waals surface area contributed by atoms with E-state index in [4.69, 9.17) is 20.3 Å². The number of aliphatic hydroxyl groups excluding tert-OH is 1. The number of rotatable bonds is 5. The van der Waals surface area contributed by atoms with Gasteiger partial charge in [-0.2, -0.15) is 11.8 Å². The molecule has 0 saturated carbocycles. The summed E-state index contributed by atoms with van der Waals surface area (Å²) in [5.74, 6) is -0.115. The molecule has 2 bridgehead atoms. The summed E-state index contributed by atoms with van der Waals surface area (Å²) in [6.07, 6.45) is 3.00. The molecule has 2 rings (SSSR count). The monoisotopic (exact) mass is 387 g/mol. The van der Waals surface area contributed by atoms with Gasteiger partial charge in [0, 0.05) is 17.4 Å². The van der Waals surface area contributed by atoms with Gasteiger partial charge in [-0.3, -0.25) is 4.79 Å². The Morgan fingerprint density at radius 2 is 2.15 bits per heavy atom. The van der Waals surface area contributed by atoms with Crippen molar-refractivity contribution in [3.8, 4) is 0 Å². The summed E-state index contributed by atoms with van der Waals surface area (Å²) in [7, 11) is 0. The van der Waals surface area contributed by atoms with Crippen molar-refractivity contribution in [1.82, 2.24) is 0 Å². The molecule has 5 atom stereocenters. The van der Waals surface area contributed by atoms with Crippen LogP contribution in [0.15, 0.2) is 12.2 Å². The maximum absolute atomic E-state index is 11.0. The first-order valence-electron chi connectivity index (χ1n) is 9.36. The van der Waals surface area contributed by atoms with E-state index < -0.39 is 18.1 Å². The predicted molar refractivity (Wildman–Crippen MR) is 103 cm³/mol. The lowest BCUT2D eigenvalue weighted by Crippen LogP contribution is -2.56. The molecule has 7 heteroatoms. The van der Waals surface area contributed by atoms with E-state index in [0.29, 0.717) is 24.7 Å².